The van der Waals surface area contributed by atoms with Crippen LogP contribution in [0.15, 0.2) is 6.58 Å². The van der Waals surface area contributed by atoms with E-state index in [0.717, 1.165) is 18.8 Å². The van der Waals surface area contributed by atoms with Crippen LogP contribution in [0.25, 0.3) is 6.08 Å². The summed E-state index contributed by atoms with van der Waals surface area (Å²) in [5.41, 5.74) is 0. The Kier molecular flexibility index (Phi) is 3.44. The van der Waals surface area contributed by atoms with Gasteiger partial charge in [-0.25, -0.2) is 4.68 Å². The van der Waals surface area contributed by atoms with Crippen molar-refractivity contribution in [2.45, 2.75) is 32.7 Å². The number of aromatic nitrogens is 4. The maximum absolute atomic E-state index is 3.84. The van der Waals surface area contributed by atoms with Crippen LogP contribution in [-0.2, 0) is 6.54 Å². The first kappa shape index (κ1) is 8.90. The summed E-state index contributed by atoms with van der Waals surface area (Å²) in [6.07, 6.45) is 5.23. The molecule has 0 fully saturated rings. The minimum atomic E-state index is 0.756. The van der Waals surface area contributed by atoms with Crippen molar-refractivity contribution < 1.29 is 0 Å². The van der Waals surface area contributed by atoms with Gasteiger partial charge >= 0.3 is 0 Å². The molecule has 1 aromatic heterocycles. The van der Waals surface area contributed by atoms with Gasteiger partial charge in [0.25, 0.3) is 0 Å². The van der Waals surface area contributed by atoms with Crippen LogP contribution < -0.4 is 0 Å². The first-order valence-corrected chi connectivity index (χ1v) is 4.27. The first-order chi connectivity index (χ1) is 5.88. The van der Waals surface area contributed by atoms with Gasteiger partial charge in [-0.3, -0.25) is 0 Å². The van der Waals surface area contributed by atoms with E-state index >= 15 is 0 Å². The predicted molar refractivity (Wildman–Crippen MR) is 47.4 cm³/mol. The summed E-state index contributed by atoms with van der Waals surface area (Å²) >= 11 is 0. The third-order valence-corrected chi connectivity index (χ3v) is 1.72. The molecule has 0 spiro atoms. The van der Waals surface area contributed by atoms with Crippen molar-refractivity contribution in [2.24, 2.45) is 0 Å². The molecular formula is C8H14N4. The lowest BCUT2D eigenvalue weighted by Crippen LogP contribution is -2.02. The molecule has 0 bridgehead atoms. The van der Waals surface area contributed by atoms with Crippen LogP contribution in [0.3, 0.4) is 0 Å². The minimum absolute atomic E-state index is 0.756. The third kappa shape index (κ3) is 2.15. The van der Waals surface area contributed by atoms with Gasteiger partial charge in [-0.1, -0.05) is 26.3 Å². The summed E-state index contributed by atoms with van der Waals surface area (Å²) in [6, 6.07) is 0. The largest absolute Gasteiger partial charge is 0.226 e. The summed E-state index contributed by atoms with van der Waals surface area (Å²) in [5, 5.41) is 11.2. The molecule has 1 heterocycles. The standard InChI is InChI=1S/C8H14N4/c1-3-5-6-7-12-8(4-2)9-10-11-12/h4H,2-3,5-7H2,1H3. The Morgan fingerprint density at radius 3 is 3.00 bits per heavy atom. The van der Waals surface area contributed by atoms with E-state index in [1.54, 1.807) is 10.8 Å². The number of hydrogen-bond donors (Lipinski definition) is 0. The zero-order chi connectivity index (χ0) is 8.81. The molecule has 1 rings (SSSR count). The van der Waals surface area contributed by atoms with Gasteiger partial charge in [-0.2, -0.15) is 0 Å². The maximum Gasteiger partial charge on any atom is 0.174 e. The molecule has 0 atom stereocenters. The molecule has 12 heavy (non-hydrogen) atoms. The summed E-state index contributed by atoms with van der Waals surface area (Å²) in [6.45, 7) is 6.69. The monoisotopic (exact) mass is 166 g/mol. The van der Waals surface area contributed by atoms with E-state index in [4.69, 9.17) is 0 Å². The highest BCUT2D eigenvalue weighted by atomic mass is 15.5. The number of unbranched alkanes of at least 4 members (excludes halogenated alkanes) is 2. The van der Waals surface area contributed by atoms with E-state index in [1.807, 2.05) is 0 Å². The van der Waals surface area contributed by atoms with Crippen LogP contribution in [0.5, 0.6) is 0 Å². The van der Waals surface area contributed by atoms with Crippen molar-refractivity contribution in [3.8, 4) is 0 Å². The highest BCUT2D eigenvalue weighted by molar-refractivity contribution is 5.34. The smallest absolute Gasteiger partial charge is 0.174 e. The summed E-state index contributed by atoms with van der Waals surface area (Å²) in [7, 11) is 0. The van der Waals surface area contributed by atoms with Crippen LogP contribution in [0, 0.1) is 0 Å². The Morgan fingerprint density at radius 1 is 1.50 bits per heavy atom. The zero-order valence-electron chi connectivity index (χ0n) is 7.40. The Hall–Kier alpha value is -1.19. The second-order valence-corrected chi connectivity index (χ2v) is 2.67. The first-order valence-electron chi connectivity index (χ1n) is 4.27. The van der Waals surface area contributed by atoms with Crippen LogP contribution >= 0.6 is 0 Å². The number of aryl methyl sites for hydroxylation is 1. The lowest BCUT2D eigenvalue weighted by Gasteiger charge is -1.99. The van der Waals surface area contributed by atoms with Crippen molar-refractivity contribution >= 4 is 6.08 Å². The number of nitrogens with zero attached hydrogens (tertiary/aromatic N) is 4. The van der Waals surface area contributed by atoms with Gasteiger partial charge in [-0.15, -0.1) is 5.10 Å². The number of rotatable bonds is 5. The van der Waals surface area contributed by atoms with Gasteiger partial charge in [-0.05, 0) is 22.9 Å². The SMILES string of the molecule is C=Cc1nnnn1CCCCC. The molecule has 0 saturated carbocycles. The van der Waals surface area contributed by atoms with E-state index in [0.29, 0.717) is 0 Å². The molecule has 0 unspecified atom stereocenters. The molecule has 0 saturated heterocycles. The summed E-state index contributed by atoms with van der Waals surface area (Å²) < 4.78 is 1.78. The van der Waals surface area contributed by atoms with Gasteiger partial charge in [0.1, 0.15) is 0 Å². The van der Waals surface area contributed by atoms with Crippen molar-refractivity contribution in [3.63, 3.8) is 0 Å². The fourth-order valence-electron chi connectivity index (χ4n) is 1.03. The molecule has 4 nitrogen and oxygen atoms in total. The molecular weight excluding hydrogens is 152 g/mol. The van der Waals surface area contributed by atoms with Gasteiger partial charge in [0.05, 0.1) is 0 Å². The van der Waals surface area contributed by atoms with Gasteiger partial charge in [0.2, 0.25) is 0 Å². The topological polar surface area (TPSA) is 43.6 Å². The summed E-state index contributed by atoms with van der Waals surface area (Å²) in [5.74, 6) is 0.756. The van der Waals surface area contributed by atoms with E-state index in [-0.39, 0.29) is 0 Å². The molecule has 66 valence electrons. The molecule has 0 aliphatic heterocycles. The maximum atomic E-state index is 3.84. The fraction of sp³-hybridized carbons (Fsp3) is 0.625. The van der Waals surface area contributed by atoms with E-state index in [2.05, 4.69) is 29.0 Å². The highest BCUT2D eigenvalue weighted by Crippen LogP contribution is 1.99. The van der Waals surface area contributed by atoms with Crippen molar-refractivity contribution in [2.75, 3.05) is 0 Å². The molecule has 0 amide bonds. The van der Waals surface area contributed by atoms with Crippen LogP contribution in [0.2, 0.25) is 0 Å². The Bertz CT molecular complexity index is 241. The predicted octanol–water partition coefficient (Wildman–Crippen LogP) is 1.51. The number of hydrogen-bond acceptors (Lipinski definition) is 3. The van der Waals surface area contributed by atoms with Crippen molar-refractivity contribution in [1.29, 1.82) is 0 Å². The molecule has 4 heteroatoms. The Morgan fingerprint density at radius 2 is 2.33 bits per heavy atom. The molecule has 0 aliphatic carbocycles. The Labute approximate surface area is 72.3 Å². The van der Waals surface area contributed by atoms with Gasteiger partial charge in [0.15, 0.2) is 5.82 Å². The van der Waals surface area contributed by atoms with Gasteiger partial charge in [0, 0.05) is 6.54 Å². The molecule has 0 aromatic carbocycles. The zero-order valence-corrected chi connectivity index (χ0v) is 7.40. The van der Waals surface area contributed by atoms with Crippen molar-refractivity contribution in [1.82, 2.24) is 20.2 Å². The van der Waals surface area contributed by atoms with Crippen LogP contribution in [0.1, 0.15) is 32.0 Å². The lowest BCUT2D eigenvalue weighted by atomic mass is 10.2. The third-order valence-electron chi connectivity index (χ3n) is 1.72. The van der Waals surface area contributed by atoms with Crippen molar-refractivity contribution in [3.05, 3.63) is 12.4 Å². The van der Waals surface area contributed by atoms with Crippen LogP contribution in [-0.4, -0.2) is 20.2 Å². The average Bonchev–Trinajstić information content (AvgIpc) is 2.52. The van der Waals surface area contributed by atoms with E-state index in [1.165, 1.54) is 12.8 Å². The van der Waals surface area contributed by atoms with E-state index in [9.17, 15) is 0 Å². The number of tetrazole rings is 1. The molecule has 0 aliphatic rings. The normalized spacial score (nSPS) is 10.1. The average molecular weight is 166 g/mol. The summed E-state index contributed by atoms with van der Waals surface area (Å²) in [4.78, 5) is 0. The molecule has 0 radical (unpaired) electrons. The second kappa shape index (κ2) is 4.64. The second-order valence-electron chi connectivity index (χ2n) is 2.67. The highest BCUT2D eigenvalue weighted by Gasteiger charge is 1.99. The molecule has 1 aromatic rings. The van der Waals surface area contributed by atoms with Crippen LogP contribution in [0.4, 0.5) is 0 Å². The Balaban J connectivity index is 2.45. The quantitative estimate of drug-likeness (QED) is 0.623. The minimum Gasteiger partial charge on any atom is -0.226 e. The fourth-order valence-corrected chi connectivity index (χ4v) is 1.03. The van der Waals surface area contributed by atoms with Gasteiger partial charge < -0.3 is 0 Å². The molecule has 0 N–H and O–H groups in total. The van der Waals surface area contributed by atoms with E-state index < -0.39 is 0 Å². The lowest BCUT2D eigenvalue weighted by molar-refractivity contribution is 0.534.